The predicted molar refractivity (Wildman–Crippen MR) is 81.5 cm³/mol. The van der Waals surface area contributed by atoms with Gasteiger partial charge in [0.15, 0.2) is 0 Å². The Morgan fingerprint density at radius 1 is 1.00 bits per heavy atom. The maximum atomic E-state index is 5.82. The average Bonchev–Trinajstić information content (AvgIpc) is 2.47. The molecular formula is C17H14ClN. The van der Waals surface area contributed by atoms with Crippen LogP contribution in [0.3, 0.4) is 0 Å². The van der Waals surface area contributed by atoms with Crippen molar-refractivity contribution in [3.8, 4) is 11.3 Å². The molecule has 2 heteroatoms. The number of aromatic nitrogens is 1. The molecule has 3 aromatic rings. The van der Waals surface area contributed by atoms with Crippen LogP contribution in [-0.2, 0) is 5.88 Å². The first-order valence-corrected chi connectivity index (χ1v) is 6.83. The van der Waals surface area contributed by atoms with Crippen molar-refractivity contribution < 1.29 is 0 Å². The van der Waals surface area contributed by atoms with E-state index in [1.165, 1.54) is 10.9 Å². The summed E-state index contributed by atoms with van der Waals surface area (Å²) in [5.41, 5.74) is 5.53. The number of pyridine rings is 1. The number of benzene rings is 2. The molecule has 94 valence electrons. The smallest absolute Gasteiger partial charge is 0.0738 e. The molecule has 0 radical (unpaired) electrons. The van der Waals surface area contributed by atoms with Gasteiger partial charge in [-0.3, -0.25) is 0 Å². The van der Waals surface area contributed by atoms with Gasteiger partial charge in [-0.05, 0) is 30.2 Å². The van der Waals surface area contributed by atoms with Gasteiger partial charge in [-0.2, -0.15) is 0 Å². The van der Waals surface area contributed by atoms with E-state index in [1.807, 2.05) is 18.2 Å². The Morgan fingerprint density at radius 2 is 1.74 bits per heavy atom. The first-order chi connectivity index (χ1) is 9.28. The summed E-state index contributed by atoms with van der Waals surface area (Å²) in [6.45, 7) is 2.10. The lowest BCUT2D eigenvalue weighted by Crippen LogP contribution is -1.90. The van der Waals surface area contributed by atoms with Crippen LogP contribution in [0.2, 0.25) is 0 Å². The molecule has 0 spiro atoms. The van der Waals surface area contributed by atoms with Gasteiger partial charge in [-0.15, -0.1) is 11.6 Å². The van der Waals surface area contributed by atoms with Crippen molar-refractivity contribution in [3.05, 3.63) is 65.7 Å². The number of rotatable bonds is 2. The van der Waals surface area contributed by atoms with Crippen molar-refractivity contribution in [1.82, 2.24) is 4.98 Å². The van der Waals surface area contributed by atoms with Crippen molar-refractivity contribution in [2.75, 3.05) is 0 Å². The van der Waals surface area contributed by atoms with Crippen LogP contribution in [0.4, 0.5) is 0 Å². The van der Waals surface area contributed by atoms with Gasteiger partial charge in [-0.1, -0.05) is 42.5 Å². The average molecular weight is 268 g/mol. The van der Waals surface area contributed by atoms with Crippen molar-refractivity contribution in [1.29, 1.82) is 0 Å². The quantitative estimate of drug-likeness (QED) is 0.599. The fourth-order valence-corrected chi connectivity index (χ4v) is 2.44. The Morgan fingerprint density at radius 3 is 2.47 bits per heavy atom. The van der Waals surface area contributed by atoms with E-state index in [4.69, 9.17) is 16.6 Å². The van der Waals surface area contributed by atoms with Crippen LogP contribution in [0.25, 0.3) is 22.2 Å². The van der Waals surface area contributed by atoms with Crippen LogP contribution in [0.15, 0.2) is 54.6 Å². The van der Waals surface area contributed by atoms with Gasteiger partial charge in [0.05, 0.1) is 11.2 Å². The van der Waals surface area contributed by atoms with Crippen LogP contribution in [0.5, 0.6) is 0 Å². The molecule has 1 aromatic heterocycles. The minimum Gasteiger partial charge on any atom is -0.248 e. The normalized spacial score (nSPS) is 10.8. The van der Waals surface area contributed by atoms with E-state index in [1.54, 1.807) is 0 Å². The summed E-state index contributed by atoms with van der Waals surface area (Å²) in [5.74, 6) is 0.546. The lowest BCUT2D eigenvalue weighted by molar-refractivity contribution is 1.32. The van der Waals surface area contributed by atoms with Crippen molar-refractivity contribution >= 4 is 22.5 Å². The highest BCUT2D eigenvalue weighted by Gasteiger charge is 2.05. The third-order valence-electron chi connectivity index (χ3n) is 3.30. The Kier molecular flexibility index (Phi) is 3.22. The molecule has 2 aromatic carbocycles. The van der Waals surface area contributed by atoms with Crippen molar-refractivity contribution in [2.24, 2.45) is 0 Å². The van der Waals surface area contributed by atoms with E-state index < -0.39 is 0 Å². The molecule has 0 bridgehead atoms. The zero-order chi connectivity index (χ0) is 13.2. The Balaban J connectivity index is 2.15. The zero-order valence-electron chi connectivity index (χ0n) is 10.7. The van der Waals surface area contributed by atoms with Gasteiger partial charge >= 0.3 is 0 Å². The first kappa shape index (κ1) is 12.2. The summed E-state index contributed by atoms with van der Waals surface area (Å²) in [6.07, 6.45) is 0. The second-order valence-electron chi connectivity index (χ2n) is 4.68. The molecule has 1 nitrogen and oxygen atoms in total. The molecule has 0 atom stereocenters. The van der Waals surface area contributed by atoms with Gasteiger partial charge in [0, 0.05) is 16.8 Å². The number of hydrogen-bond acceptors (Lipinski definition) is 1. The number of para-hydroxylation sites is 1. The molecule has 0 unspecified atom stereocenters. The Bertz CT molecular complexity index is 717. The third-order valence-corrected chi connectivity index (χ3v) is 3.60. The number of halogens is 1. The highest BCUT2D eigenvalue weighted by Crippen LogP contribution is 2.25. The minimum atomic E-state index is 0.546. The first-order valence-electron chi connectivity index (χ1n) is 6.29. The van der Waals surface area contributed by atoms with E-state index in [-0.39, 0.29) is 0 Å². The summed E-state index contributed by atoms with van der Waals surface area (Å²) in [7, 11) is 0. The second-order valence-corrected chi connectivity index (χ2v) is 4.94. The Hall–Kier alpha value is -1.86. The molecule has 0 saturated carbocycles. The molecule has 0 aliphatic heterocycles. The fraction of sp³-hybridized carbons (Fsp3) is 0.118. The van der Waals surface area contributed by atoms with Gasteiger partial charge in [0.25, 0.3) is 0 Å². The molecule has 0 aliphatic carbocycles. The molecule has 19 heavy (non-hydrogen) atoms. The molecule has 0 amide bonds. The maximum Gasteiger partial charge on any atom is 0.0738 e. The second kappa shape index (κ2) is 5.02. The highest BCUT2D eigenvalue weighted by atomic mass is 35.5. The number of nitrogens with zero attached hydrogens (tertiary/aromatic N) is 1. The van der Waals surface area contributed by atoms with Crippen molar-refractivity contribution in [3.63, 3.8) is 0 Å². The number of hydrogen-bond donors (Lipinski definition) is 0. The van der Waals surface area contributed by atoms with Gasteiger partial charge < -0.3 is 0 Å². The minimum absolute atomic E-state index is 0.546. The van der Waals surface area contributed by atoms with E-state index in [9.17, 15) is 0 Å². The number of alkyl halides is 1. The Labute approximate surface area is 117 Å². The lowest BCUT2D eigenvalue weighted by atomic mass is 10.0. The summed E-state index contributed by atoms with van der Waals surface area (Å²) < 4.78 is 0. The topological polar surface area (TPSA) is 12.9 Å². The lowest BCUT2D eigenvalue weighted by Gasteiger charge is -2.08. The fourth-order valence-electron chi connectivity index (χ4n) is 2.27. The molecular weight excluding hydrogens is 254 g/mol. The largest absolute Gasteiger partial charge is 0.248 e. The van der Waals surface area contributed by atoms with E-state index in [0.717, 1.165) is 22.3 Å². The monoisotopic (exact) mass is 267 g/mol. The van der Waals surface area contributed by atoms with E-state index in [0.29, 0.717) is 5.88 Å². The maximum absolute atomic E-state index is 5.82. The van der Waals surface area contributed by atoms with Gasteiger partial charge in [-0.25, -0.2) is 4.98 Å². The van der Waals surface area contributed by atoms with Crippen LogP contribution >= 0.6 is 11.6 Å². The van der Waals surface area contributed by atoms with Crippen LogP contribution < -0.4 is 0 Å². The molecule has 0 saturated heterocycles. The van der Waals surface area contributed by atoms with E-state index >= 15 is 0 Å². The summed E-state index contributed by atoms with van der Waals surface area (Å²) in [6, 6.07) is 18.7. The third kappa shape index (κ3) is 2.34. The number of aryl methyl sites for hydroxylation is 1. The van der Waals surface area contributed by atoms with Crippen LogP contribution in [0.1, 0.15) is 11.1 Å². The molecule has 0 N–H and O–H groups in total. The predicted octanol–water partition coefficient (Wildman–Crippen LogP) is 4.95. The van der Waals surface area contributed by atoms with Crippen LogP contribution in [0, 0.1) is 6.92 Å². The molecule has 1 heterocycles. The summed E-state index contributed by atoms with van der Waals surface area (Å²) in [5, 5.41) is 1.18. The SMILES string of the molecule is Cc1cc2ccccc2nc1-c1ccc(CCl)cc1. The van der Waals surface area contributed by atoms with E-state index in [2.05, 4.69) is 43.3 Å². The van der Waals surface area contributed by atoms with Gasteiger partial charge in [0.2, 0.25) is 0 Å². The zero-order valence-corrected chi connectivity index (χ0v) is 11.5. The summed E-state index contributed by atoms with van der Waals surface area (Å²) in [4.78, 5) is 4.77. The molecule has 3 rings (SSSR count). The standard InChI is InChI=1S/C17H14ClN/c1-12-10-15-4-2-3-5-16(15)19-17(12)14-8-6-13(11-18)7-9-14/h2-10H,11H2,1H3. The highest BCUT2D eigenvalue weighted by molar-refractivity contribution is 6.17. The molecule has 0 fully saturated rings. The van der Waals surface area contributed by atoms with Crippen molar-refractivity contribution in [2.45, 2.75) is 12.8 Å². The van der Waals surface area contributed by atoms with Crippen LogP contribution in [-0.4, -0.2) is 4.98 Å². The summed E-state index contributed by atoms with van der Waals surface area (Å²) >= 11 is 5.82. The van der Waals surface area contributed by atoms with Gasteiger partial charge in [0.1, 0.15) is 0 Å². The molecule has 0 aliphatic rings. The number of fused-ring (bicyclic) bond motifs is 1.